The Labute approximate surface area is 122 Å². The summed E-state index contributed by atoms with van der Waals surface area (Å²) in [4.78, 5) is 3.54. The molecular formula is C13H20BrN3S. The van der Waals surface area contributed by atoms with Crippen LogP contribution in [0, 0.1) is 17.2 Å². The number of hydrogen-bond acceptors (Lipinski definition) is 4. The summed E-state index contributed by atoms with van der Waals surface area (Å²) in [5.74, 6) is 0.0228. The maximum atomic E-state index is 8.96. The van der Waals surface area contributed by atoms with E-state index in [9.17, 15) is 0 Å². The first-order valence-electron chi connectivity index (χ1n) is 6.14. The third-order valence-corrected chi connectivity index (χ3v) is 4.61. The second kappa shape index (κ2) is 7.25. The first kappa shape index (κ1) is 15.6. The molecule has 0 aliphatic carbocycles. The Morgan fingerprint density at radius 2 is 2.17 bits per heavy atom. The summed E-state index contributed by atoms with van der Waals surface area (Å²) in [6, 6.07) is 6.68. The normalized spacial score (nSPS) is 16.3. The SMILES string of the molecule is CCN(CC(C)C#N)C(c1ccc(Br)s1)C(C)N. The summed E-state index contributed by atoms with van der Waals surface area (Å²) in [6.07, 6.45) is 0. The number of nitrogens with zero attached hydrogens (tertiary/aromatic N) is 2. The predicted molar refractivity (Wildman–Crippen MR) is 80.4 cm³/mol. The standard InChI is InChI=1S/C13H20BrN3S/c1-4-17(8-9(2)7-15)13(10(3)16)11-5-6-12(14)18-11/h5-6,9-10,13H,4,8,16H2,1-3H3. The lowest BCUT2D eigenvalue weighted by Crippen LogP contribution is -2.41. The van der Waals surface area contributed by atoms with E-state index in [2.05, 4.69) is 46.0 Å². The maximum Gasteiger partial charge on any atom is 0.0702 e. The van der Waals surface area contributed by atoms with E-state index in [0.29, 0.717) is 0 Å². The second-order valence-electron chi connectivity index (χ2n) is 4.56. The third kappa shape index (κ3) is 4.06. The molecule has 0 spiro atoms. The van der Waals surface area contributed by atoms with Gasteiger partial charge >= 0.3 is 0 Å². The van der Waals surface area contributed by atoms with Gasteiger partial charge in [-0.25, -0.2) is 0 Å². The summed E-state index contributed by atoms with van der Waals surface area (Å²) in [5, 5.41) is 8.96. The average molecular weight is 330 g/mol. The molecule has 0 saturated carbocycles. The van der Waals surface area contributed by atoms with Gasteiger partial charge < -0.3 is 5.73 Å². The molecule has 18 heavy (non-hydrogen) atoms. The average Bonchev–Trinajstić information content (AvgIpc) is 2.73. The highest BCUT2D eigenvalue weighted by Crippen LogP contribution is 2.32. The lowest BCUT2D eigenvalue weighted by Gasteiger charge is -2.33. The van der Waals surface area contributed by atoms with Crippen molar-refractivity contribution in [2.24, 2.45) is 11.7 Å². The van der Waals surface area contributed by atoms with E-state index < -0.39 is 0 Å². The van der Waals surface area contributed by atoms with Crippen LogP contribution in [-0.4, -0.2) is 24.0 Å². The van der Waals surface area contributed by atoms with Crippen molar-refractivity contribution >= 4 is 27.3 Å². The molecule has 1 heterocycles. The number of halogens is 1. The van der Waals surface area contributed by atoms with Crippen LogP contribution < -0.4 is 5.73 Å². The largest absolute Gasteiger partial charge is 0.326 e. The van der Waals surface area contributed by atoms with Crippen LogP contribution in [0.15, 0.2) is 15.9 Å². The minimum Gasteiger partial charge on any atom is -0.326 e. The number of nitrogens with two attached hydrogens (primary N) is 1. The zero-order valence-corrected chi connectivity index (χ0v) is 13.5. The maximum absolute atomic E-state index is 8.96. The molecule has 1 aromatic heterocycles. The minimum atomic E-state index is 0.0228. The van der Waals surface area contributed by atoms with E-state index >= 15 is 0 Å². The fourth-order valence-corrected chi connectivity index (χ4v) is 3.77. The van der Waals surface area contributed by atoms with Crippen molar-refractivity contribution in [2.75, 3.05) is 13.1 Å². The van der Waals surface area contributed by atoms with Crippen LogP contribution in [0.2, 0.25) is 0 Å². The Balaban J connectivity index is 2.92. The van der Waals surface area contributed by atoms with E-state index in [0.717, 1.165) is 16.9 Å². The van der Waals surface area contributed by atoms with Gasteiger partial charge in [-0.15, -0.1) is 11.3 Å². The Hall–Kier alpha value is -0.410. The van der Waals surface area contributed by atoms with Gasteiger partial charge in [0.2, 0.25) is 0 Å². The molecule has 1 aromatic rings. The van der Waals surface area contributed by atoms with E-state index in [-0.39, 0.29) is 18.0 Å². The van der Waals surface area contributed by atoms with E-state index in [1.54, 1.807) is 11.3 Å². The molecule has 0 fully saturated rings. The van der Waals surface area contributed by atoms with Crippen LogP contribution in [0.5, 0.6) is 0 Å². The molecule has 0 bridgehead atoms. The third-order valence-electron chi connectivity index (χ3n) is 2.91. The summed E-state index contributed by atoms with van der Waals surface area (Å²) < 4.78 is 1.12. The fraction of sp³-hybridized carbons (Fsp3) is 0.615. The smallest absolute Gasteiger partial charge is 0.0702 e. The first-order valence-corrected chi connectivity index (χ1v) is 7.75. The molecule has 3 unspecified atom stereocenters. The van der Waals surface area contributed by atoms with Crippen molar-refractivity contribution in [3.63, 3.8) is 0 Å². The van der Waals surface area contributed by atoms with E-state index in [1.807, 2.05) is 13.8 Å². The lowest BCUT2D eigenvalue weighted by molar-refractivity contribution is 0.176. The van der Waals surface area contributed by atoms with Gasteiger partial charge in [0.1, 0.15) is 0 Å². The zero-order valence-electron chi connectivity index (χ0n) is 11.1. The molecule has 5 heteroatoms. The molecule has 1 rings (SSSR count). The lowest BCUT2D eigenvalue weighted by atomic mass is 10.0. The molecule has 0 radical (unpaired) electrons. The molecular weight excluding hydrogens is 310 g/mol. The van der Waals surface area contributed by atoms with Crippen molar-refractivity contribution < 1.29 is 0 Å². The first-order chi connectivity index (χ1) is 8.49. The molecule has 0 amide bonds. The van der Waals surface area contributed by atoms with Gasteiger partial charge in [-0.05, 0) is 48.5 Å². The van der Waals surface area contributed by atoms with Crippen LogP contribution in [0.3, 0.4) is 0 Å². The van der Waals surface area contributed by atoms with Gasteiger partial charge in [0.05, 0.1) is 21.8 Å². The summed E-state index contributed by atoms with van der Waals surface area (Å²) in [7, 11) is 0. The van der Waals surface area contributed by atoms with Crippen molar-refractivity contribution in [1.29, 1.82) is 5.26 Å². The summed E-state index contributed by atoms with van der Waals surface area (Å²) in [5.41, 5.74) is 6.14. The van der Waals surface area contributed by atoms with Gasteiger partial charge in [-0.1, -0.05) is 6.92 Å². The zero-order chi connectivity index (χ0) is 13.7. The topological polar surface area (TPSA) is 53.0 Å². The fourth-order valence-electron chi connectivity index (χ4n) is 2.09. The van der Waals surface area contributed by atoms with Gasteiger partial charge in [-0.2, -0.15) is 5.26 Å². The van der Waals surface area contributed by atoms with Crippen LogP contribution in [0.4, 0.5) is 0 Å². The van der Waals surface area contributed by atoms with Crippen LogP contribution >= 0.6 is 27.3 Å². The molecule has 3 nitrogen and oxygen atoms in total. The molecule has 0 aromatic carbocycles. The highest BCUT2D eigenvalue weighted by Gasteiger charge is 2.25. The second-order valence-corrected chi connectivity index (χ2v) is 7.06. The van der Waals surface area contributed by atoms with Gasteiger partial charge in [0, 0.05) is 17.5 Å². The molecule has 3 atom stereocenters. The molecule has 0 aliphatic rings. The number of thiophene rings is 1. The quantitative estimate of drug-likeness (QED) is 0.870. The highest BCUT2D eigenvalue weighted by molar-refractivity contribution is 9.11. The van der Waals surface area contributed by atoms with Crippen LogP contribution in [-0.2, 0) is 0 Å². The van der Waals surface area contributed by atoms with Crippen LogP contribution in [0.1, 0.15) is 31.7 Å². The van der Waals surface area contributed by atoms with E-state index in [4.69, 9.17) is 11.0 Å². The minimum absolute atomic E-state index is 0.0228. The number of nitriles is 1. The van der Waals surface area contributed by atoms with Gasteiger partial charge in [0.25, 0.3) is 0 Å². The number of hydrogen-bond donors (Lipinski definition) is 1. The summed E-state index contributed by atoms with van der Waals surface area (Å²) >= 11 is 5.21. The van der Waals surface area contributed by atoms with Crippen molar-refractivity contribution in [3.8, 4) is 6.07 Å². The number of rotatable bonds is 6. The Morgan fingerprint density at radius 3 is 2.56 bits per heavy atom. The van der Waals surface area contributed by atoms with Crippen molar-refractivity contribution in [2.45, 2.75) is 32.9 Å². The summed E-state index contributed by atoms with van der Waals surface area (Å²) in [6.45, 7) is 7.74. The van der Waals surface area contributed by atoms with Crippen molar-refractivity contribution in [3.05, 3.63) is 20.8 Å². The molecule has 100 valence electrons. The van der Waals surface area contributed by atoms with Crippen molar-refractivity contribution in [1.82, 2.24) is 4.90 Å². The van der Waals surface area contributed by atoms with E-state index in [1.165, 1.54) is 4.88 Å². The molecule has 0 saturated heterocycles. The number of likely N-dealkylation sites (N-methyl/N-ethyl adjacent to an activating group) is 1. The highest BCUT2D eigenvalue weighted by atomic mass is 79.9. The Morgan fingerprint density at radius 1 is 1.50 bits per heavy atom. The molecule has 0 aliphatic heterocycles. The van der Waals surface area contributed by atoms with Gasteiger partial charge in [0.15, 0.2) is 0 Å². The monoisotopic (exact) mass is 329 g/mol. The van der Waals surface area contributed by atoms with Crippen LogP contribution in [0.25, 0.3) is 0 Å². The predicted octanol–water partition coefficient (Wildman–Crippen LogP) is 3.38. The Bertz CT molecular complexity index is 411. The Kier molecular flexibility index (Phi) is 6.30. The molecule has 2 N–H and O–H groups in total. The van der Waals surface area contributed by atoms with Gasteiger partial charge in [-0.3, -0.25) is 4.90 Å².